The minimum atomic E-state index is -1.07. The van der Waals surface area contributed by atoms with Crippen molar-refractivity contribution in [3.8, 4) is 0 Å². The highest BCUT2D eigenvalue weighted by molar-refractivity contribution is 7.09. The summed E-state index contributed by atoms with van der Waals surface area (Å²) in [7, 11) is 1.67. The third-order valence-corrected chi connectivity index (χ3v) is 9.69. The van der Waals surface area contributed by atoms with Crippen LogP contribution in [-0.4, -0.2) is 69.2 Å². The smallest absolute Gasteiger partial charge is 0.407 e. The van der Waals surface area contributed by atoms with E-state index in [1.54, 1.807) is 29.8 Å². The SMILES string of the molecule is CC(C)c1nc(CN(C)C(=O)NC(C(=O)NC(NC[C@H](O)[C@H](Cc2ccccc2)NC(=O)OCc2ccsn2)c2ccccc2)C(C)C)cs1. The number of aromatic nitrogens is 2. The molecule has 0 saturated heterocycles. The fourth-order valence-electron chi connectivity index (χ4n) is 5.06. The average molecular weight is 722 g/mol. The maximum absolute atomic E-state index is 13.8. The summed E-state index contributed by atoms with van der Waals surface area (Å²) in [6.45, 7) is 8.21. The van der Waals surface area contributed by atoms with Gasteiger partial charge in [0.1, 0.15) is 18.8 Å². The van der Waals surface area contributed by atoms with Crippen LogP contribution in [0.15, 0.2) is 77.5 Å². The van der Waals surface area contributed by atoms with Crippen LogP contribution in [0.3, 0.4) is 0 Å². The molecule has 2 unspecified atom stereocenters. The molecule has 2 heterocycles. The van der Waals surface area contributed by atoms with Crippen LogP contribution in [-0.2, 0) is 29.1 Å². The Hall–Kier alpha value is -4.37. The van der Waals surface area contributed by atoms with Gasteiger partial charge in [-0.3, -0.25) is 10.1 Å². The van der Waals surface area contributed by atoms with E-state index in [0.717, 1.165) is 21.8 Å². The van der Waals surface area contributed by atoms with E-state index >= 15 is 0 Å². The van der Waals surface area contributed by atoms with Gasteiger partial charge in [0, 0.05) is 30.3 Å². The number of nitrogens with zero attached hydrogens (tertiary/aromatic N) is 3. The normalized spacial score (nSPS) is 13.7. The van der Waals surface area contributed by atoms with Gasteiger partial charge in [0.25, 0.3) is 0 Å². The van der Waals surface area contributed by atoms with Crippen molar-refractivity contribution in [2.45, 2.75) is 77.5 Å². The lowest BCUT2D eigenvalue weighted by Gasteiger charge is -2.30. The Bertz CT molecular complexity index is 1620. The van der Waals surface area contributed by atoms with E-state index < -0.39 is 42.4 Å². The highest BCUT2D eigenvalue weighted by Gasteiger charge is 2.29. The predicted octanol–water partition coefficient (Wildman–Crippen LogP) is 5.19. The molecule has 4 amide bonds. The molecular weight excluding hydrogens is 675 g/mol. The number of hydrogen-bond acceptors (Lipinski definition) is 10. The number of thiazole rings is 1. The fourth-order valence-corrected chi connectivity index (χ4v) is 6.41. The minimum absolute atomic E-state index is 0.0110. The predicted molar refractivity (Wildman–Crippen MR) is 196 cm³/mol. The third kappa shape index (κ3) is 11.9. The Morgan fingerprint density at radius 1 is 0.920 bits per heavy atom. The van der Waals surface area contributed by atoms with Gasteiger partial charge in [0.2, 0.25) is 5.91 Å². The number of aliphatic hydroxyl groups is 1. The highest BCUT2D eigenvalue weighted by atomic mass is 32.1. The summed E-state index contributed by atoms with van der Waals surface area (Å²) in [5, 5.41) is 28.1. The van der Waals surface area contributed by atoms with Crippen molar-refractivity contribution in [2.75, 3.05) is 13.6 Å². The van der Waals surface area contributed by atoms with E-state index in [1.165, 1.54) is 16.4 Å². The summed E-state index contributed by atoms with van der Waals surface area (Å²) in [4.78, 5) is 45.9. The second-order valence-electron chi connectivity index (χ2n) is 12.7. The van der Waals surface area contributed by atoms with Crippen molar-refractivity contribution in [1.29, 1.82) is 0 Å². The topological polar surface area (TPSA) is 158 Å². The lowest BCUT2D eigenvalue weighted by molar-refractivity contribution is -0.125. The highest BCUT2D eigenvalue weighted by Crippen LogP contribution is 2.20. The van der Waals surface area contributed by atoms with E-state index in [-0.39, 0.29) is 19.1 Å². The summed E-state index contributed by atoms with van der Waals surface area (Å²) in [6.07, 6.45) is -2.12. The number of nitrogens with one attached hydrogen (secondary N) is 4. The molecule has 0 aliphatic carbocycles. The number of ether oxygens (including phenoxy) is 1. The molecule has 12 nitrogen and oxygen atoms in total. The molecule has 4 aromatic rings. The number of carbonyl (C=O) groups excluding carboxylic acids is 3. The summed E-state index contributed by atoms with van der Waals surface area (Å²) in [6, 6.07) is 18.6. The van der Waals surface area contributed by atoms with Crippen LogP contribution in [0.25, 0.3) is 0 Å². The molecule has 50 heavy (non-hydrogen) atoms. The maximum atomic E-state index is 13.8. The summed E-state index contributed by atoms with van der Waals surface area (Å²) in [5.41, 5.74) is 3.09. The van der Waals surface area contributed by atoms with Gasteiger partial charge < -0.3 is 30.7 Å². The van der Waals surface area contributed by atoms with Crippen molar-refractivity contribution >= 4 is 40.9 Å². The zero-order chi connectivity index (χ0) is 36.0. The Morgan fingerprint density at radius 2 is 1.62 bits per heavy atom. The summed E-state index contributed by atoms with van der Waals surface area (Å²) < 4.78 is 9.51. The number of rotatable bonds is 17. The van der Waals surface area contributed by atoms with Gasteiger partial charge in [-0.05, 0) is 41.1 Å². The maximum Gasteiger partial charge on any atom is 0.407 e. The van der Waals surface area contributed by atoms with Crippen LogP contribution in [0.2, 0.25) is 0 Å². The number of urea groups is 1. The summed E-state index contributed by atoms with van der Waals surface area (Å²) in [5.74, 6) is -0.315. The van der Waals surface area contributed by atoms with E-state index in [0.29, 0.717) is 24.6 Å². The zero-order valence-corrected chi connectivity index (χ0v) is 30.7. The second-order valence-corrected chi connectivity index (χ2v) is 14.2. The first-order valence-corrected chi connectivity index (χ1v) is 18.3. The standard InChI is InChI=1S/C36H47N7O5S2/c1-23(2)31(40-35(46)43(5)20-28-22-49-34(38-28)24(3)4)33(45)41-32(26-14-10-7-11-15-26)37-19-30(44)29(18-25-12-8-6-9-13-25)39-36(47)48-21-27-16-17-50-42-27/h6-17,22-24,29-32,37,44H,18-21H2,1-5H3,(H,39,47)(H,40,46)(H,41,45)/t29-,30-,31?,32?/m0/s1. The molecule has 4 rings (SSSR count). The van der Waals surface area contributed by atoms with Gasteiger partial charge >= 0.3 is 12.1 Å². The average Bonchev–Trinajstić information content (AvgIpc) is 3.81. The van der Waals surface area contributed by atoms with Crippen molar-refractivity contribution in [3.63, 3.8) is 0 Å². The Kier molecular flexibility index (Phi) is 14.7. The van der Waals surface area contributed by atoms with E-state index in [2.05, 4.69) is 44.5 Å². The van der Waals surface area contributed by atoms with E-state index in [9.17, 15) is 19.5 Å². The number of benzene rings is 2. The van der Waals surface area contributed by atoms with Gasteiger partial charge in [-0.2, -0.15) is 4.37 Å². The monoisotopic (exact) mass is 721 g/mol. The Morgan fingerprint density at radius 3 is 2.24 bits per heavy atom. The molecule has 5 N–H and O–H groups in total. The first-order valence-electron chi connectivity index (χ1n) is 16.6. The molecule has 268 valence electrons. The van der Waals surface area contributed by atoms with Crippen molar-refractivity contribution in [3.05, 3.63) is 105 Å². The van der Waals surface area contributed by atoms with Crippen molar-refractivity contribution < 1.29 is 24.2 Å². The van der Waals surface area contributed by atoms with Crippen LogP contribution in [0.1, 0.15) is 67.3 Å². The fraction of sp³-hybridized carbons (Fsp3) is 0.417. The van der Waals surface area contributed by atoms with Crippen LogP contribution < -0.4 is 21.3 Å². The molecule has 0 radical (unpaired) electrons. The van der Waals surface area contributed by atoms with E-state index in [1.807, 2.05) is 79.9 Å². The second kappa shape index (κ2) is 19.1. The molecule has 0 saturated carbocycles. The molecule has 0 aliphatic rings. The molecule has 0 fully saturated rings. The van der Waals surface area contributed by atoms with Crippen molar-refractivity contribution in [1.82, 2.24) is 35.5 Å². The van der Waals surface area contributed by atoms with Gasteiger partial charge in [0.05, 0.1) is 35.1 Å². The zero-order valence-electron chi connectivity index (χ0n) is 29.0. The number of amides is 4. The van der Waals surface area contributed by atoms with Gasteiger partial charge in [-0.1, -0.05) is 88.4 Å². The first kappa shape index (κ1) is 38.4. The number of alkyl carbamates (subject to hydrolysis) is 1. The number of carbonyl (C=O) groups is 3. The van der Waals surface area contributed by atoms with E-state index in [4.69, 9.17) is 4.74 Å². The molecule has 4 atom stereocenters. The largest absolute Gasteiger partial charge is 0.443 e. The molecule has 0 spiro atoms. The van der Waals surface area contributed by atoms with Crippen LogP contribution in [0, 0.1) is 5.92 Å². The Balaban J connectivity index is 1.42. The first-order chi connectivity index (χ1) is 24.0. The quantitative estimate of drug-likeness (QED) is 0.0933. The molecule has 14 heteroatoms. The molecule has 0 aliphatic heterocycles. The van der Waals surface area contributed by atoms with Crippen LogP contribution in [0.4, 0.5) is 9.59 Å². The molecular formula is C36H47N7O5S2. The lowest BCUT2D eigenvalue weighted by Crippen LogP contribution is -2.55. The van der Waals surface area contributed by atoms with Crippen molar-refractivity contribution in [2.24, 2.45) is 5.92 Å². The number of hydrogen-bond donors (Lipinski definition) is 5. The van der Waals surface area contributed by atoms with Gasteiger partial charge in [-0.25, -0.2) is 14.6 Å². The molecule has 0 bridgehead atoms. The number of aliphatic hydroxyl groups excluding tert-OH is 1. The third-order valence-electron chi connectivity index (χ3n) is 7.90. The van der Waals surface area contributed by atoms with Gasteiger partial charge in [-0.15, -0.1) is 11.3 Å². The molecule has 2 aromatic carbocycles. The summed E-state index contributed by atoms with van der Waals surface area (Å²) >= 11 is 2.83. The van der Waals surface area contributed by atoms with Crippen LogP contribution in [0.5, 0.6) is 0 Å². The van der Waals surface area contributed by atoms with Crippen LogP contribution >= 0.6 is 22.9 Å². The minimum Gasteiger partial charge on any atom is -0.443 e. The lowest BCUT2D eigenvalue weighted by atomic mass is 10.0. The van der Waals surface area contributed by atoms with Gasteiger partial charge in [0.15, 0.2) is 0 Å². The molecule has 2 aromatic heterocycles. The Labute approximate surface area is 301 Å².